The standard InChI is InChI=1S/C12H13N3O/c13-11-4-2-1-3-10(11)6-8-16-12-5-7-14-9-15-12/h1-5,7,9H,6,8,13H2. The third kappa shape index (κ3) is 2.70. The van der Waals surface area contributed by atoms with E-state index in [4.69, 9.17) is 10.5 Å². The molecule has 2 rings (SSSR count). The number of anilines is 1. The fraction of sp³-hybridized carbons (Fsp3) is 0.167. The minimum Gasteiger partial charge on any atom is -0.477 e. The van der Waals surface area contributed by atoms with E-state index in [0.717, 1.165) is 17.7 Å². The topological polar surface area (TPSA) is 61.0 Å². The van der Waals surface area contributed by atoms with Crippen molar-refractivity contribution in [1.29, 1.82) is 0 Å². The van der Waals surface area contributed by atoms with Gasteiger partial charge in [0, 0.05) is 24.4 Å². The van der Waals surface area contributed by atoms with E-state index in [9.17, 15) is 0 Å². The number of rotatable bonds is 4. The molecule has 16 heavy (non-hydrogen) atoms. The summed E-state index contributed by atoms with van der Waals surface area (Å²) in [5, 5.41) is 0. The predicted octanol–water partition coefficient (Wildman–Crippen LogP) is 1.68. The molecule has 1 aromatic heterocycles. The van der Waals surface area contributed by atoms with Crippen LogP contribution >= 0.6 is 0 Å². The highest BCUT2D eigenvalue weighted by atomic mass is 16.5. The number of nitrogen functional groups attached to an aromatic ring is 1. The maximum Gasteiger partial charge on any atom is 0.216 e. The fourth-order valence-corrected chi connectivity index (χ4v) is 1.39. The fourth-order valence-electron chi connectivity index (χ4n) is 1.39. The van der Waals surface area contributed by atoms with Gasteiger partial charge in [-0.2, -0.15) is 0 Å². The third-order valence-corrected chi connectivity index (χ3v) is 2.23. The summed E-state index contributed by atoms with van der Waals surface area (Å²) in [5.74, 6) is 0.588. The van der Waals surface area contributed by atoms with Gasteiger partial charge in [-0.15, -0.1) is 0 Å². The van der Waals surface area contributed by atoms with Crippen LogP contribution in [0.25, 0.3) is 0 Å². The molecule has 1 aromatic carbocycles. The summed E-state index contributed by atoms with van der Waals surface area (Å²) in [7, 11) is 0. The van der Waals surface area contributed by atoms with E-state index in [1.165, 1.54) is 6.33 Å². The first-order valence-corrected chi connectivity index (χ1v) is 5.08. The molecule has 1 heterocycles. The molecular weight excluding hydrogens is 202 g/mol. The zero-order chi connectivity index (χ0) is 11.2. The van der Waals surface area contributed by atoms with Crippen LogP contribution in [0.5, 0.6) is 5.88 Å². The van der Waals surface area contributed by atoms with Crippen molar-refractivity contribution in [3.05, 3.63) is 48.4 Å². The molecule has 0 fully saturated rings. The summed E-state index contributed by atoms with van der Waals surface area (Å²) in [5.41, 5.74) is 7.71. The molecule has 0 aliphatic rings. The molecule has 0 aliphatic carbocycles. The van der Waals surface area contributed by atoms with E-state index in [2.05, 4.69) is 9.97 Å². The Labute approximate surface area is 94.1 Å². The first-order valence-electron chi connectivity index (χ1n) is 5.08. The lowest BCUT2D eigenvalue weighted by atomic mass is 10.1. The zero-order valence-electron chi connectivity index (χ0n) is 8.84. The van der Waals surface area contributed by atoms with Crippen LogP contribution in [0.15, 0.2) is 42.9 Å². The summed E-state index contributed by atoms with van der Waals surface area (Å²) in [6, 6.07) is 9.51. The Kier molecular flexibility index (Phi) is 3.33. The van der Waals surface area contributed by atoms with Crippen molar-refractivity contribution >= 4 is 5.69 Å². The van der Waals surface area contributed by atoms with Crippen molar-refractivity contribution in [2.45, 2.75) is 6.42 Å². The van der Waals surface area contributed by atoms with Crippen molar-refractivity contribution in [2.24, 2.45) is 0 Å². The number of hydrogen-bond donors (Lipinski definition) is 1. The number of aromatic nitrogens is 2. The summed E-state index contributed by atoms with van der Waals surface area (Å²) < 4.78 is 5.46. The van der Waals surface area contributed by atoms with Gasteiger partial charge < -0.3 is 10.5 Å². The molecule has 0 saturated carbocycles. The first-order chi connectivity index (χ1) is 7.86. The molecule has 2 aromatic rings. The Bertz CT molecular complexity index is 445. The molecule has 82 valence electrons. The number of ether oxygens (including phenoxy) is 1. The molecule has 0 saturated heterocycles. The van der Waals surface area contributed by atoms with Crippen LogP contribution in [0.3, 0.4) is 0 Å². The monoisotopic (exact) mass is 215 g/mol. The molecule has 4 nitrogen and oxygen atoms in total. The third-order valence-electron chi connectivity index (χ3n) is 2.23. The van der Waals surface area contributed by atoms with E-state index in [-0.39, 0.29) is 0 Å². The Morgan fingerprint density at radius 3 is 2.81 bits per heavy atom. The summed E-state index contributed by atoms with van der Waals surface area (Å²) >= 11 is 0. The normalized spacial score (nSPS) is 10.0. The van der Waals surface area contributed by atoms with Crippen molar-refractivity contribution < 1.29 is 4.74 Å². The second kappa shape index (κ2) is 5.11. The van der Waals surface area contributed by atoms with Crippen molar-refractivity contribution in [2.75, 3.05) is 12.3 Å². The molecule has 0 radical (unpaired) electrons. The Balaban J connectivity index is 1.87. The van der Waals surface area contributed by atoms with Gasteiger partial charge in [-0.1, -0.05) is 18.2 Å². The Hall–Kier alpha value is -2.10. The molecule has 0 bridgehead atoms. The summed E-state index contributed by atoms with van der Waals surface area (Å²) in [6.07, 6.45) is 3.89. The highest BCUT2D eigenvalue weighted by Gasteiger charge is 1.98. The predicted molar refractivity (Wildman–Crippen MR) is 62.1 cm³/mol. The van der Waals surface area contributed by atoms with Gasteiger partial charge in [-0.3, -0.25) is 0 Å². The smallest absolute Gasteiger partial charge is 0.216 e. The minimum absolute atomic E-state index is 0.561. The Morgan fingerprint density at radius 1 is 1.19 bits per heavy atom. The van der Waals surface area contributed by atoms with Crippen LogP contribution in [-0.2, 0) is 6.42 Å². The number of nitrogens with zero attached hydrogens (tertiary/aromatic N) is 2. The van der Waals surface area contributed by atoms with Crippen LogP contribution in [0.2, 0.25) is 0 Å². The number of hydrogen-bond acceptors (Lipinski definition) is 4. The lowest BCUT2D eigenvalue weighted by Gasteiger charge is -2.06. The highest BCUT2D eigenvalue weighted by molar-refractivity contribution is 5.46. The van der Waals surface area contributed by atoms with Crippen LogP contribution < -0.4 is 10.5 Å². The quantitative estimate of drug-likeness (QED) is 0.788. The average molecular weight is 215 g/mol. The van der Waals surface area contributed by atoms with Gasteiger partial charge >= 0.3 is 0 Å². The molecular formula is C12H13N3O. The second-order valence-corrected chi connectivity index (χ2v) is 3.34. The van der Waals surface area contributed by atoms with Gasteiger partial charge in [0.1, 0.15) is 6.33 Å². The maximum atomic E-state index is 5.82. The number of para-hydroxylation sites is 1. The van der Waals surface area contributed by atoms with Gasteiger partial charge in [-0.05, 0) is 11.6 Å². The lowest BCUT2D eigenvalue weighted by Crippen LogP contribution is -2.04. The zero-order valence-corrected chi connectivity index (χ0v) is 8.84. The van der Waals surface area contributed by atoms with Crippen LogP contribution in [0.4, 0.5) is 5.69 Å². The van der Waals surface area contributed by atoms with Crippen LogP contribution in [-0.4, -0.2) is 16.6 Å². The van der Waals surface area contributed by atoms with Crippen molar-refractivity contribution in [1.82, 2.24) is 9.97 Å². The van der Waals surface area contributed by atoms with E-state index in [1.807, 2.05) is 24.3 Å². The highest BCUT2D eigenvalue weighted by Crippen LogP contribution is 2.11. The lowest BCUT2D eigenvalue weighted by molar-refractivity contribution is 0.309. The average Bonchev–Trinajstić information content (AvgIpc) is 2.33. The van der Waals surface area contributed by atoms with Crippen LogP contribution in [0, 0.1) is 0 Å². The van der Waals surface area contributed by atoms with Gasteiger partial charge in [0.25, 0.3) is 0 Å². The number of nitrogens with two attached hydrogens (primary N) is 1. The molecule has 0 unspecified atom stereocenters. The molecule has 0 atom stereocenters. The largest absolute Gasteiger partial charge is 0.477 e. The van der Waals surface area contributed by atoms with E-state index in [1.54, 1.807) is 12.3 Å². The van der Waals surface area contributed by atoms with Crippen molar-refractivity contribution in [3.63, 3.8) is 0 Å². The molecule has 2 N–H and O–H groups in total. The SMILES string of the molecule is Nc1ccccc1CCOc1ccncn1. The molecule has 4 heteroatoms. The summed E-state index contributed by atoms with van der Waals surface area (Å²) in [6.45, 7) is 0.561. The minimum atomic E-state index is 0.561. The van der Waals surface area contributed by atoms with E-state index >= 15 is 0 Å². The van der Waals surface area contributed by atoms with E-state index in [0.29, 0.717) is 12.5 Å². The molecule has 0 amide bonds. The second-order valence-electron chi connectivity index (χ2n) is 3.34. The van der Waals surface area contributed by atoms with E-state index < -0.39 is 0 Å². The molecule has 0 spiro atoms. The maximum absolute atomic E-state index is 5.82. The van der Waals surface area contributed by atoms with Gasteiger partial charge in [-0.25, -0.2) is 9.97 Å². The van der Waals surface area contributed by atoms with Crippen LogP contribution in [0.1, 0.15) is 5.56 Å². The first kappa shape index (κ1) is 10.4. The van der Waals surface area contributed by atoms with Gasteiger partial charge in [0.15, 0.2) is 0 Å². The van der Waals surface area contributed by atoms with Gasteiger partial charge in [0.2, 0.25) is 5.88 Å². The number of benzene rings is 1. The molecule has 0 aliphatic heterocycles. The summed E-state index contributed by atoms with van der Waals surface area (Å²) in [4.78, 5) is 7.78. The van der Waals surface area contributed by atoms with Gasteiger partial charge in [0.05, 0.1) is 6.61 Å². The van der Waals surface area contributed by atoms with Crippen molar-refractivity contribution in [3.8, 4) is 5.88 Å². The Morgan fingerprint density at radius 2 is 2.06 bits per heavy atom.